The van der Waals surface area contributed by atoms with Crippen LogP contribution in [0.25, 0.3) is 6.08 Å². The fraction of sp³-hybridized carbons (Fsp3) is 0.333. The second kappa shape index (κ2) is 10.9. The minimum absolute atomic E-state index is 0.131. The topological polar surface area (TPSA) is 38.8 Å². The SMILES string of the molecule is CCN1C(=O)/C(=C\c2cc(Cl)cc(Cl)c2OCCOc2cc(C)ccc2C(C)C)SC1=S. The molecule has 32 heavy (non-hydrogen) atoms. The zero-order valence-corrected chi connectivity index (χ0v) is 21.6. The Hall–Kier alpha value is -1.73. The number of aryl methyl sites for hydroxylation is 1. The number of thiocarbonyl (C=S) groups is 1. The molecule has 0 N–H and O–H groups in total. The van der Waals surface area contributed by atoms with Gasteiger partial charge in [0.1, 0.15) is 29.0 Å². The fourth-order valence-corrected chi connectivity index (χ4v) is 5.23. The number of nitrogens with zero attached hydrogens (tertiary/aromatic N) is 1. The molecule has 1 aliphatic rings. The Morgan fingerprint density at radius 1 is 1.16 bits per heavy atom. The lowest BCUT2D eigenvalue weighted by atomic mass is 10.0. The van der Waals surface area contributed by atoms with Crippen LogP contribution in [0.3, 0.4) is 0 Å². The largest absolute Gasteiger partial charge is 0.490 e. The third kappa shape index (κ3) is 5.79. The van der Waals surface area contributed by atoms with E-state index in [0.29, 0.717) is 49.7 Å². The Bertz CT molecular complexity index is 1070. The third-order valence-corrected chi connectivity index (χ3v) is 6.77. The zero-order chi connectivity index (χ0) is 23.4. The summed E-state index contributed by atoms with van der Waals surface area (Å²) in [6.45, 7) is 9.34. The predicted octanol–water partition coefficient (Wildman–Crippen LogP) is 7.10. The average molecular weight is 511 g/mol. The van der Waals surface area contributed by atoms with E-state index in [1.165, 1.54) is 11.8 Å². The molecule has 2 aromatic rings. The number of amides is 1. The molecule has 4 nitrogen and oxygen atoms in total. The predicted molar refractivity (Wildman–Crippen MR) is 138 cm³/mol. The monoisotopic (exact) mass is 509 g/mol. The number of halogens is 2. The van der Waals surface area contributed by atoms with Crippen molar-refractivity contribution in [3.63, 3.8) is 0 Å². The van der Waals surface area contributed by atoms with Crippen molar-refractivity contribution in [2.75, 3.05) is 19.8 Å². The summed E-state index contributed by atoms with van der Waals surface area (Å²) in [5.74, 6) is 1.53. The molecule has 0 unspecified atom stereocenters. The zero-order valence-electron chi connectivity index (χ0n) is 18.4. The van der Waals surface area contributed by atoms with Crippen molar-refractivity contribution in [2.45, 2.75) is 33.6 Å². The highest BCUT2D eigenvalue weighted by atomic mass is 35.5. The van der Waals surface area contributed by atoms with Gasteiger partial charge >= 0.3 is 0 Å². The minimum Gasteiger partial charge on any atom is -0.490 e. The van der Waals surface area contributed by atoms with Crippen LogP contribution < -0.4 is 9.47 Å². The molecular weight excluding hydrogens is 485 g/mol. The van der Waals surface area contributed by atoms with E-state index in [1.807, 2.05) is 19.9 Å². The van der Waals surface area contributed by atoms with Crippen LogP contribution in [0.1, 0.15) is 43.4 Å². The molecule has 0 aliphatic carbocycles. The molecule has 0 saturated carbocycles. The maximum Gasteiger partial charge on any atom is 0.266 e. The van der Waals surface area contributed by atoms with Gasteiger partial charge < -0.3 is 9.47 Å². The summed E-state index contributed by atoms with van der Waals surface area (Å²) in [5, 5.41) is 0.824. The molecule has 0 atom stereocenters. The highest BCUT2D eigenvalue weighted by Gasteiger charge is 2.31. The van der Waals surface area contributed by atoms with Gasteiger partial charge in [0.15, 0.2) is 0 Å². The summed E-state index contributed by atoms with van der Waals surface area (Å²) in [6, 6.07) is 9.55. The Kier molecular flexibility index (Phi) is 8.50. The van der Waals surface area contributed by atoms with Gasteiger partial charge in [0.05, 0.1) is 9.93 Å². The third-order valence-electron chi connectivity index (χ3n) is 4.89. The van der Waals surface area contributed by atoms with Gasteiger partial charge in [0.25, 0.3) is 5.91 Å². The number of carbonyl (C=O) groups excluding carboxylic acids is 1. The lowest BCUT2D eigenvalue weighted by Crippen LogP contribution is -2.27. The highest BCUT2D eigenvalue weighted by Crippen LogP contribution is 2.38. The Labute approximate surface area is 208 Å². The number of likely N-dealkylation sites (N-methyl/N-ethyl adjacent to an activating group) is 1. The fourth-order valence-electron chi connectivity index (χ4n) is 3.29. The quantitative estimate of drug-likeness (QED) is 0.215. The summed E-state index contributed by atoms with van der Waals surface area (Å²) in [6.07, 6.45) is 1.72. The van der Waals surface area contributed by atoms with Crippen molar-refractivity contribution in [2.24, 2.45) is 0 Å². The van der Waals surface area contributed by atoms with Crippen molar-refractivity contribution in [1.29, 1.82) is 0 Å². The standard InChI is InChI=1S/C24H25Cl2NO3S2/c1-5-27-23(28)21(32-24(27)31)12-16-11-17(25)13-19(26)22(16)30-9-8-29-20-10-15(4)6-7-18(20)14(2)3/h6-7,10-14H,5,8-9H2,1-4H3/b21-12+. The van der Waals surface area contributed by atoms with E-state index in [4.69, 9.17) is 44.9 Å². The smallest absolute Gasteiger partial charge is 0.266 e. The van der Waals surface area contributed by atoms with E-state index in [0.717, 1.165) is 16.9 Å². The molecule has 0 radical (unpaired) electrons. The van der Waals surface area contributed by atoms with Gasteiger partial charge in [-0.15, -0.1) is 0 Å². The van der Waals surface area contributed by atoms with Crippen molar-refractivity contribution < 1.29 is 14.3 Å². The minimum atomic E-state index is -0.131. The molecule has 0 aromatic heterocycles. The van der Waals surface area contributed by atoms with E-state index in [-0.39, 0.29) is 12.5 Å². The van der Waals surface area contributed by atoms with Gasteiger partial charge in [0, 0.05) is 17.1 Å². The number of thioether (sulfide) groups is 1. The number of hydrogen-bond acceptors (Lipinski definition) is 5. The highest BCUT2D eigenvalue weighted by molar-refractivity contribution is 8.26. The molecular formula is C24H25Cl2NO3S2. The van der Waals surface area contributed by atoms with Crippen molar-refractivity contribution >= 4 is 63.5 Å². The van der Waals surface area contributed by atoms with Gasteiger partial charge in [-0.05, 0) is 55.2 Å². The lowest BCUT2D eigenvalue weighted by molar-refractivity contribution is -0.121. The second-order valence-corrected chi connectivity index (χ2v) is 10.1. The molecule has 1 amide bonds. The number of benzene rings is 2. The maximum absolute atomic E-state index is 12.6. The van der Waals surface area contributed by atoms with Crippen molar-refractivity contribution in [3.8, 4) is 11.5 Å². The molecule has 1 aliphatic heterocycles. The van der Waals surface area contributed by atoms with Crippen LogP contribution in [-0.4, -0.2) is 34.9 Å². The molecule has 1 saturated heterocycles. The van der Waals surface area contributed by atoms with Gasteiger partial charge in [-0.3, -0.25) is 9.69 Å². The number of hydrogen-bond donors (Lipinski definition) is 0. The van der Waals surface area contributed by atoms with Crippen molar-refractivity contribution in [3.05, 3.63) is 62.0 Å². The summed E-state index contributed by atoms with van der Waals surface area (Å²) >= 11 is 19.2. The summed E-state index contributed by atoms with van der Waals surface area (Å²) in [4.78, 5) is 14.7. The van der Waals surface area contributed by atoms with E-state index in [2.05, 4.69) is 26.0 Å². The maximum atomic E-state index is 12.6. The Morgan fingerprint density at radius 2 is 1.88 bits per heavy atom. The summed E-state index contributed by atoms with van der Waals surface area (Å²) in [7, 11) is 0. The van der Waals surface area contributed by atoms with Crippen LogP contribution in [0.15, 0.2) is 35.2 Å². The number of ether oxygens (including phenoxy) is 2. The molecule has 0 spiro atoms. The second-order valence-electron chi connectivity index (χ2n) is 7.62. The van der Waals surface area contributed by atoms with Gasteiger partial charge in [-0.2, -0.15) is 0 Å². The van der Waals surface area contributed by atoms with Crippen LogP contribution in [0.2, 0.25) is 10.0 Å². The normalized spacial score (nSPS) is 15.2. The molecule has 1 heterocycles. The van der Waals surface area contributed by atoms with E-state index in [9.17, 15) is 4.79 Å². The van der Waals surface area contributed by atoms with Crippen molar-refractivity contribution in [1.82, 2.24) is 4.90 Å². The lowest BCUT2D eigenvalue weighted by Gasteiger charge is -2.16. The van der Waals surface area contributed by atoms with Crippen LogP contribution in [0.5, 0.6) is 11.5 Å². The van der Waals surface area contributed by atoms with Crippen LogP contribution in [0.4, 0.5) is 0 Å². The van der Waals surface area contributed by atoms with Crippen LogP contribution in [-0.2, 0) is 4.79 Å². The van der Waals surface area contributed by atoms with Gasteiger partial charge in [0.2, 0.25) is 0 Å². The molecule has 8 heteroatoms. The molecule has 170 valence electrons. The first kappa shape index (κ1) is 24.9. The van der Waals surface area contributed by atoms with Crippen LogP contribution >= 0.6 is 47.2 Å². The molecule has 3 rings (SSSR count). The Balaban J connectivity index is 1.76. The van der Waals surface area contributed by atoms with E-state index < -0.39 is 0 Å². The van der Waals surface area contributed by atoms with Crippen LogP contribution in [0, 0.1) is 6.92 Å². The first-order valence-electron chi connectivity index (χ1n) is 10.3. The number of carbonyl (C=O) groups is 1. The van der Waals surface area contributed by atoms with Gasteiger partial charge in [-0.1, -0.05) is 73.2 Å². The molecule has 1 fully saturated rings. The van der Waals surface area contributed by atoms with Gasteiger partial charge in [-0.25, -0.2) is 0 Å². The average Bonchev–Trinajstić information content (AvgIpc) is 2.98. The summed E-state index contributed by atoms with van der Waals surface area (Å²) in [5.41, 5.74) is 2.91. The first-order valence-corrected chi connectivity index (χ1v) is 12.3. The molecule has 2 aromatic carbocycles. The summed E-state index contributed by atoms with van der Waals surface area (Å²) < 4.78 is 12.5. The molecule has 0 bridgehead atoms. The van der Waals surface area contributed by atoms with E-state index >= 15 is 0 Å². The first-order chi connectivity index (χ1) is 15.2. The number of rotatable bonds is 8. The Morgan fingerprint density at radius 3 is 2.53 bits per heavy atom. The van der Waals surface area contributed by atoms with E-state index in [1.54, 1.807) is 23.1 Å².